The highest BCUT2D eigenvalue weighted by atomic mass is 28.3. The quantitative estimate of drug-likeness (QED) is 0.489. The van der Waals surface area contributed by atoms with Crippen LogP contribution >= 0.6 is 0 Å². The normalized spacial score (nSPS) is 20.2. The predicted octanol–water partition coefficient (Wildman–Crippen LogP) is 5.65. The summed E-state index contributed by atoms with van der Waals surface area (Å²) >= 11 is 0. The Morgan fingerprint density at radius 2 is 1.52 bits per heavy atom. The van der Waals surface area contributed by atoms with Gasteiger partial charge in [0.15, 0.2) is 0 Å². The van der Waals surface area contributed by atoms with Crippen molar-refractivity contribution >= 4 is 14.0 Å². The molecule has 130 valence electrons. The summed E-state index contributed by atoms with van der Waals surface area (Å²) < 4.78 is 0. The molecule has 1 aliphatic heterocycles. The van der Waals surface area contributed by atoms with Crippen molar-refractivity contribution in [3.8, 4) is 17.2 Å². The van der Waals surface area contributed by atoms with Crippen LogP contribution in [0.1, 0.15) is 51.0 Å². The summed E-state index contributed by atoms with van der Waals surface area (Å²) in [5.41, 5.74) is 3.19. The lowest BCUT2D eigenvalue weighted by atomic mass is 9.96. The third kappa shape index (κ3) is 4.83. The zero-order chi connectivity index (χ0) is 17.5. The molecule has 3 rings (SSSR count). The topological polar surface area (TPSA) is 23.8 Å². The van der Waals surface area contributed by atoms with Crippen molar-refractivity contribution in [1.82, 2.24) is 0 Å². The fourth-order valence-corrected chi connectivity index (χ4v) is 7.59. The Morgan fingerprint density at radius 3 is 2.08 bits per heavy atom. The number of hydrogen-bond donors (Lipinski definition) is 0. The molecule has 1 aliphatic rings. The molecule has 2 aromatic carbocycles. The first-order valence-corrected chi connectivity index (χ1v) is 12.1. The Labute approximate surface area is 154 Å². The SMILES string of the molecule is CCCCCC1CC[SiH](c2ccc(-c3ccc(C#N)cc3)cc2)CC1. The van der Waals surface area contributed by atoms with Crippen molar-refractivity contribution in [3.05, 3.63) is 54.1 Å². The summed E-state index contributed by atoms with van der Waals surface area (Å²) in [4.78, 5) is 0. The Kier molecular flexibility index (Phi) is 6.47. The van der Waals surface area contributed by atoms with E-state index >= 15 is 0 Å². The van der Waals surface area contributed by atoms with Crippen LogP contribution in [0.15, 0.2) is 48.5 Å². The van der Waals surface area contributed by atoms with Gasteiger partial charge in [-0.2, -0.15) is 5.26 Å². The van der Waals surface area contributed by atoms with E-state index in [1.807, 2.05) is 24.3 Å². The molecular formula is C23H29NSi. The van der Waals surface area contributed by atoms with Gasteiger partial charge in [0, 0.05) is 0 Å². The monoisotopic (exact) mass is 347 g/mol. The molecule has 2 heteroatoms. The van der Waals surface area contributed by atoms with Crippen LogP contribution in [0, 0.1) is 17.2 Å². The molecule has 25 heavy (non-hydrogen) atoms. The third-order valence-electron chi connectivity index (χ3n) is 5.79. The highest BCUT2D eigenvalue weighted by molar-refractivity contribution is 6.73. The molecule has 1 saturated heterocycles. The summed E-state index contributed by atoms with van der Waals surface area (Å²) in [6.07, 6.45) is 8.60. The number of unbranched alkanes of at least 4 members (excludes halogenated alkanes) is 2. The van der Waals surface area contributed by atoms with E-state index < -0.39 is 8.80 Å². The maximum atomic E-state index is 8.91. The van der Waals surface area contributed by atoms with Crippen LogP contribution in [-0.2, 0) is 0 Å². The van der Waals surface area contributed by atoms with Crippen LogP contribution in [-0.4, -0.2) is 8.80 Å². The lowest BCUT2D eigenvalue weighted by Crippen LogP contribution is -2.33. The first-order chi connectivity index (χ1) is 12.3. The van der Waals surface area contributed by atoms with E-state index in [9.17, 15) is 0 Å². The van der Waals surface area contributed by atoms with Crippen LogP contribution < -0.4 is 5.19 Å². The highest BCUT2D eigenvalue weighted by Crippen LogP contribution is 2.29. The molecule has 1 heterocycles. The molecule has 0 bridgehead atoms. The predicted molar refractivity (Wildman–Crippen MR) is 110 cm³/mol. The minimum Gasteiger partial charge on any atom is -0.192 e. The fraction of sp³-hybridized carbons (Fsp3) is 0.435. The summed E-state index contributed by atoms with van der Waals surface area (Å²) in [6.45, 7) is 2.30. The average molecular weight is 348 g/mol. The molecule has 1 fully saturated rings. The second-order valence-electron chi connectivity index (χ2n) is 7.52. The maximum absolute atomic E-state index is 8.91. The maximum Gasteiger partial charge on any atom is 0.0991 e. The lowest BCUT2D eigenvalue weighted by molar-refractivity contribution is 0.418. The van der Waals surface area contributed by atoms with Gasteiger partial charge in [0.05, 0.1) is 20.4 Å². The first kappa shape index (κ1) is 18.0. The van der Waals surface area contributed by atoms with Crippen molar-refractivity contribution in [2.45, 2.75) is 57.5 Å². The van der Waals surface area contributed by atoms with E-state index in [2.05, 4.69) is 37.3 Å². The Morgan fingerprint density at radius 1 is 0.920 bits per heavy atom. The Bertz CT molecular complexity index is 688. The molecule has 0 radical (unpaired) electrons. The van der Waals surface area contributed by atoms with Crippen LogP contribution in [0.3, 0.4) is 0 Å². The number of benzene rings is 2. The molecule has 0 atom stereocenters. The molecule has 2 aromatic rings. The molecule has 0 aromatic heterocycles. The van der Waals surface area contributed by atoms with Gasteiger partial charge in [-0.25, -0.2) is 0 Å². The van der Waals surface area contributed by atoms with Gasteiger partial charge < -0.3 is 0 Å². The first-order valence-electron chi connectivity index (χ1n) is 9.90. The molecule has 0 N–H and O–H groups in total. The van der Waals surface area contributed by atoms with Crippen LogP contribution in [0.4, 0.5) is 0 Å². The molecule has 0 unspecified atom stereocenters. The van der Waals surface area contributed by atoms with Gasteiger partial charge in [-0.3, -0.25) is 0 Å². The molecule has 0 spiro atoms. The molecule has 1 nitrogen and oxygen atoms in total. The van der Waals surface area contributed by atoms with Crippen LogP contribution in [0.2, 0.25) is 12.1 Å². The summed E-state index contributed by atoms with van der Waals surface area (Å²) in [7, 11) is -0.735. The second-order valence-corrected chi connectivity index (χ2v) is 10.7. The van der Waals surface area contributed by atoms with E-state index in [0.29, 0.717) is 0 Å². The molecule has 0 aliphatic carbocycles. The van der Waals surface area contributed by atoms with Gasteiger partial charge in [-0.1, -0.05) is 99.1 Å². The highest BCUT2D eigenvalue weighted by Gasteiger charge is 2.23. The molecule has 0 amide bonds. The molecule has 0 saturated carbocycles. The largest absolute Gasteiger partial charge is 0.192 e. The van der Waals surface area contributed by atoms with Gasteiger partial charge in [-0.15, -0.1) is 0 Å². The minimum atomic E-state index is -0.735. The zero-order valence-electron chi connectivity index (χ0n) is 15.4. The van der Waals surface area contributed by atoms with E-state index in [4.69, 9.17) is 5.26 Å². The second kappa shape index (κ2) is 9.01. The van der Waals surface area contributed by atoms with Crippen LogP contribution in [0.5, 0.6) is 0 Å². The van der Waals surface area contributed by atoms with Crippen molar-refractivity contribution in [2.24, 2.45) is 5.92 Å². The van der Waals surface area contributed by atoms with Gasteiger partial charge in [0.25, 0.3) is 0 Å². The lowest BCUT2D eigenvalue weighted by Gasteiger charge is -2.28. The minimum absolute atomic E-state index is 0.725. The van der Waals surface area contributed by atoms with E-state index in [-0.39, 0.29) is 0 Å². The third-order valence-corrected chi connectivity index (χ3v) is 9.18. The average Bonchev–Trinajstić information content (AvgIpc) is 2.69. The summed E-state index contributed by atoms with van der Waals surface area (Å²) in [5.74, 6) is 1.01. The van der Waals surface area contributed by atoms with Gasteiger partial charge in [0.1, 0.15) is 0 Å². The molecular weight excluding hydrogens is 318 g/mol. The van der Waals surface area contributed by atoms with Crippen molar-refractivity contribution in [1.29, 1.82) is 5.26 Å². The number of nitriles is 1. The summed E-state index contributed by atoms with van der Waals surface area (Å²) in [6, 6.07) is 22.4. The number of hydrogen-bond acceptors (Lipinski definition) is 1. The smallest absolute Gasteiger partial charge is 0.0991 e. The Hall–Kier alpha value is -1.85. The van der Waals surface area contributed by atoms with E-state index in [1.54, 1.807) is 5.19 Å². The van der Waals surface area contributed by atoms with Gasteiger partial charge >= 0.3 is 0 Å². The number of rotatable bonds is 6. The van der Waals surface area contributed by atoms with Gasteiger partial charge in [-0.05, 0) is 29.2 Å². The van der Waals surface area contributed by atoms with Crippen LogP contribution in [0.25, 0.3) is 11.1 Å². The zero-order valence-corrected chi connectivity index (χ0v) is 16.5. The summed E-state index contributed by atoms with van der Waals surface area (Å²) in [5, 5.41) is 10.6. The van der Waals surface area contributed by atoms with E-state index in [0.717, 1.165) is 11.5 Å². The fourth-order valence-electron chi connectivity index (χ4n) is 4.15. The van der Waals surface area contributed by atoms with E-state index in [1.165, 1.54) is 61.7 Å². The standard InChI is InChI=1S/C23H29NSi/c1-2-3-4-5-19-14-16-25(17-15-19)23-12-10-22(11-13-23)21-8-6-20(18-24)7-9-21/h6-13,19,25H,2-5,14-17H2,1H3. The number of nitrogens with zero attached hydrogens (tertiary/aromatic N) is 1. The van der Waals surface area contributed by atoms with Crippen molar-refractivity contribution in [3.63, 3.8) is 0 Å². The Balaban J connectivity index is 1.57. The van der Waals surface area contributed by atoms with Crippen molar-refractivity contribution < 1.29 is 0 Å². The van der Waals surface area contributed by atoms with Gasteiger partial charge in [0.2, 0.25) is 0 Å². The van der Waals surface area contributed by atoms with Crippen molar-refractivity contribution in [2.75, 3.05) is 0 Å².